The highest BCUT2D eigenvalue weighted by Gasteiger charge is 2.14. The number of aryl methyl sites for hydroxylation is 1. The molecule has 0 aromatic carbocycles. The molecular formula is C11H14N4O3. The maximum Gasteiger partial charge on any atom is 0.354 e. The third-order valence-corrected chi connectivity index (χ3v) is 2.48. The first-order valence-electron chi connectivity index (χ1n) is 5.42. The van der Waals surface area contributed by atoms with Crippen molar-refractivity contribution in [3.8, 4) is 0 Å². The number of hydrogen-bond donors (Lipinski definition) is 2. The van der Waals surface area contributed by atoms with Gasteiger partial charge in [0.2, 0.25) is 0 Å². The van der Waals surface area contributed by atoms with Crippen LogP contribution >= 0.6 is 0 Å². The molecule has 7 nitrogen and oxygen atoms in total. The van der Waals surface area contributed by atoms with E-state index in [1.54, 1.807) is 0 Å². The van der Waals surface area contributed by atoms with E-state index in [1.807, 2.05) is 24.9 Å². The zero-order valence-corrected chi connectivity index (χ0v) is 10.2. The Balaban J connectivity index is 2.00. The van der Waals surface area contributed by atoms with Crippen molar-refractivity contribution in [1.29, 1.82) is 0 Å². The van der Waals surface area contributed by atoms with Crippen LogP contribution in [0.5, 0.6) is 0 Å². The summed E-state index contributed by atoms with van der Waals surface area (Å²) in [5.41, 5.74) is 1.58. The Bertz CT molecular complexity index is 546. The standard InChI is InChI=1S/C11H14N4O3/c1-7-3-9(14-18-7)6-15(2)5-8-4-12-13-10(8)11(16)17/h3-4H,5-6H2,1-2H3,(H,12,13)(H,16,17). The molecule has 2 aromatic rings. The summed E-state index contributed by atoms with van der Waals surface area (Å²) in [7, 11) is 1.88. The van der Waals surface area contributed by atoms with E-state index in [1.165, 1.54) is 6.20 Å². The minimum absolute atomic E-state index is 0.123. The molecule has 96 valence electrons. The fourth-order valence-electron chi connectivity index (χ4n) is 1.73. The molecule has 0 saturated heterocycles. The van der Waals surface area contributed by atoms with Crippen LogP contribution < -0.4 is 0 Å². The number of nitrogens with zero attached hydrogens (tertiary/aromatic N) is 3. The lowest BCUT2D eigenvalue weighted by Gasteiger charge is -2.13. The van der Waals surface area contributed by atoms with E-state index in [2.05, 4.69) is 15.4 Å². The first-order valence-corrected chi connectivity index (χ1v) is 5.42. The largest absolute Gasteiger partial charge is 0.477 e. The molecule has 0 spiro atoms. The molecule has 2 N–H and O–H groups in total. The number of rotatable bonds is 5. The highest BCUT2D eigenvalue weighted by molar-refractivity contribution is 5.86. The van der Waals surface area contributed by atoms with Gasteiger partial charge in [0.1, 0.15) is 11.5 Å². The minimum Gasteiger partial charge on any atom is -0.477 e. The lowest BCUT2D eigenvalue weighted by atomic mass is 10.2. The molecule has 2 aromatic heterocycles. The zero-order chi connectivity index (χ0) is 13.1. The number of carbonyl (C=O) groups is 1. The van der Waals surface area contributed by atoms with Crippen molar-refractivity contribution in [2.75, 3.05) is 7.05 Å². The number of aromatic carboxylic acids is 1. The Labute approximate surface area is 103 Å². The van der Waals surface area contributed by atoms with Crippen LogP contribution in [0.3, 0.4) is 0 Å². The summed E-state index contributed by atoms with van der Waals surface area (Å²) >= 11 is 0. The minimum atomic E-state index is -1.01. The Kier molecular flexibility index (Phi) is 3.42. The Hall–Kier alpha value is -2.15. The van der Waals surface area contributed by atoms with Crippen molar-refractivity contribution in [3.05, 3.63) is 35.0 Å². The number of aromatic amines is 1. The number of aromatic nitrogens is 3. The van der Waals surface area contributed by atoms with Crippen LogP contribution in [0.25, 0.3) is 0 Å². The summed E-state index contributed by atoms with van der Waals surface area (Å²) in [6.07, 6.45) is 1.52. The van der Waals surface area contributed by atoms with Gasteiger partial charge in [-0.15, -0.1) is 0 Å². The molecule has 0 aliphatic carbocycles. The van der Waals surface area contributed by atoms with E-state index in [4.69, 9.17) is 9.63 Å². The summed E-state index contributed by atoms with van der Waals surface area (Å²) in [6, 6.07) is 1.85. The number of hydrogen-bond acceptors (Lipinski definition) is 5. The maximum atomic E-state index is 10.9. The van der Waals surface area contributed by atoms with Crippen molar-refractivity contribution in [1.82, 2.24) is 20.3 Å². The van der Waals surface area contributed by atoms with Gasteiger partial charge in [-0.2, -0.15) is 5.10 Å². The lowest BCUT2D eigenvalue weighted by molar-refractivity contribution is 0.0688. The first-order chi connectivity index (χ1) is 8.56. The predicted octanol–water partition coefficient (Wildman–Crippen LogP) is 1.04. The molecule has 18 heavy (non-hydrogen) atoms. The normalized spacial score (nSPS) is 11.1. The molecule has 0 fully saturated rings. The van der Waals surface area contributed by atoms with Crippen LogP contribution in [-0.2, 0) is 13.1 Å². The summed E-state index contributed by atoms with van der Waals surface area (Å²) in [5.74, 6) is -0.249. The number of carboxylic acid groups (broad SMARTS) is 1. The average molecular weight is 250 g/mol. The maximum absolute atomic E-state index is 10.9. The van der Waals surface area contributed by atoms with Crippen molar-refractivity contribution >= 4 is 5.97 Å². The molecule has 0 bridgehead atoms. The molecule has 0 amide bonds. The zero-order valence-electron chi connectivity index (χ0n) is 10.2. The monoisotopic (exact) mass is 250 g/mol. The highest BCUT2D eigenvalue weighted by atomic mass is 16.5. The van der Waals surface area contributed by atoms with Crippen LogP contribution in [0.4, 0.5) is 0 Å². The van der Waals surface area contributed by atoms with Gasteiger partial charge in [0, 0.05) is 24.7 Å². The molecule has 0 saturated carbocycles. The van der Waals surface area contributed by atoms with Crippen LogP contribution in [0.1, 0.15) is 27.5 Å². The van der Waals surface area contributed by atoms with E-state index in [-0.39, 0.29) is 5.69 Å². The Morgan fingerprint density at radius 2 is 2.33 bits per heavy atom. The second-order valence-corrected chi connectivity index (χ2v) is 4.18. The lowest BCUT2D eigenvalue weighted by Crippen LogP contribution is -2.18. The third-order valence-electron chi connectivity index (χ3n) is 2.48. The summed E-state index contributed by atoms with van der Waals surface area (Å²) in [6.45, 7) is 2.89. The Morgan fingerprint density at radius 1 is 1.56 bits per heavy atom. The van der Waals surface area contributed by atoms with Gasteiger partial charge in [-0.1, -0.05) is 5.16 Å². The van der Waals surface area contributed by atoms with Gasteiger partial charge in [0.25, 0.3) is 0 Å². The van der Waals surface area contributed by atoms with Crippen LogP contribution in [0.2, 0.25) is 0 Å². The van der Waals surface area contributed by atoms with E-state index in [0.29, 0.717) is 18.7 Å². The SMILES string of the molecule is Cc1cc(CN(C)Cc2cn[nH]c2C(=O)O)no1. The molecule has 0 aliphatic heterocycles. The van der Waals surface area contributed by atoms with Gasteiger partial charge in [-0.3, -0.25) is 10.00 Å². The summed E-state index contributed by atoms with van der Waals surface area (Å²) in [5, 5.41) is 19.0. The fraction of sp³-hybridized carbons (Fsp3) is 0.364. The molecule has 0 atom stereocenters. The molecule has 7 heteroatoms. The smallest absolute Gasteiger partial charge is 0.354 e. The second kappa shape index (κ2) is 5.01. The molecule has 2 heterocycles. The molecule has 0 radical (unpaired) electrons. The molecule has 0 unspecified atom stereocenters. The van der Waals surface area contributed by atoms with E-state index >= 15 is 0 Å². The molecular weight excluding hydrogens is 236 g/mol. The van der Waals surface area contributed by atoms with Gasteiger partial charge in [-0.05, 0) is 14.0 Å². The van der Waals surface area contributed by atoms with Gasteiger partial charge in [0.15, 0.2) is 0 Å². The van der Waals surface area contributed by atoms with Gasteiger partial charge in [-0.25, -0.2) is 4.79 Å². The summed E-state index contributed by atoms with van der Waals surface area (Å²) in [4.78, 5) is 12.8. The van der Waals surface area contributed by atoms with Crippen LogP contribution in [0.15, 0.2) is 16.8 Å². The van der Waals surface area contributed by atoms with Gasteiger partial charge < -0.3 is 9.63 Å². The quantitative estimate of drug-likeness (QED) is 0.823. The predicted molar refractivity (Wildman–Crippen MR) is 62.0 cm³/mol. The molecule has 0 aliphatic rings. The van der Waals surface area contributed by atoms with E-state index < -0.39 is 5.97 Å². The topological polar surface area (TPSA) is 95.2 Å². The fourth-order valence-corrected chi connectivity index (χ4v) is 1.73. The van der Waals surface area contributed by atoms with E-state index in [0.717, 1.165) is 11.5 Å². The van der Waals surface area contributed by atoms with Gasteiger partial charge >= 0.3 is 5.97 Å². The average Bonchev–Trinajstić information content (AvgIpc) is 2.87. The molecule has 2 rings (SSSR count). The van der Waals surface area contributed by atoms with Crippen LogP contribution in [-0.4, -0.2) is 38.4 Å². The second-order valence-electron chi connectivity index (χ2n) is 4.18. The summed E-state index contributed by atoms with van der Waals surface area (Å²) < 4.78 is 4.97. The van der Waals surface area contributed by atoms with E-state index in [9.17, 15) is 4.79 Å². The van der Waals surface area contributed by atoms with Crippen molar-refractivity contribution in [2.24, 2.45) is 0 Å². The van der Waals surface area contributed by atoms with Crippen molar-refractivity contribution < 1.29 is 14.4 Å². The third kappa shape index (κ3) is 2.75. The van der Waals surface area contributed by atoms with Crippen molar-refractivity contribution in [3.63, 3.8) is 0 Å². The van der Waals surface area contributed by atoms with Crippen LogP contribution in [0, 0.1) is 6.92 Å². The first kappa shape index (κ1) is 12.3. The number of nitrogens with one attached hydrogen (secondary N) is 1. The number of H-pyrrole nitrogens is 1. The number of carboxylic acids is 1. The highest BCUT2D eigenvalue weighted by Crippen LogP contribution is 2.10. The van der Waals surface area contributed by atoms with Crippen molar-refractivity contribution in [2.45, 2.75) is 20.0 Å². The van der Waals surface area contributed by atoms with Gasteiger partial charge in [0.05, 0.1) is 11.9 Å². The Morgan fingerprint density at radius 3 is 2.94 bits per heavy atom.